The number of aryl methyl sites for hydroxylation is 1. The Morgan fingerprint density at radius 1 is 1.23 bits per heavy atom. The van der Waals surface area contributed by atoms with E-state index in [1.165, 1.54) is 19.2 Å². The van der Waals surface area contributed by atoms with Gasteiger partial charge in [-0.05, 0) is 49.9 Å². The number of aromatic nitrogens is 1. The van der Waals surface area contributed by atoms with Gasteiger partial charge in [-0.1, -0.05) is 12.1 Å². The first kappa shape index (κ1) is 14.7. The Hall–Kier alpha value is -2.23. The van der Waals surface area contributed by atoms with Gasteiger partial charge in [-0.25, -0.2) is 9.18 Å². The third-order valence-electron chi connectivity index (χ3n) is 4.20. The zero-order valence-corrected chi connectivity index (χ0v) is 12.9. The molecule has 1 aliphatic rings. The fourth-order valence-electron chi connectivity index (χ4n) is 2.76. The van der Waals surface area contributed by atoms with E-state index in [1.807, 2.05) is 13.8 Å². The normalized spacial score (nSPS) is 14.0. The van der Waals surface area contributed by atoms with Crippen LogP contribution in [0.4, 0.5) is 4.39 Å². The van der Waals surface area contributed by atoms with Crippen LogP contribution in [0.5, 0.6) is 0 Å². The molecule has 0 saturated heterocycles. The van der Waals surface area contributed by atoms with Crippen LogP contribution in [0.2, 0.25) is 0 Å². The Balaban J connectivity index is 2.30. The maximum Gasteiger partial charge on any atom is 0.340 e. The zero-order chi connectivity index (χ0) is 15.9. The van der Waals surface area contributed by atoms with Gasteiger partial charge >= 0.3 is 5.97 Å². The van der Waals surface area contributed by atoms with Crippen molar-refractivity contribution < 1.29 is 13.9 Å². The lowest BCUT2D eigenvalue weighted by Gasteiger charge is -2.17. The second kappa shape index (κ2) is 5.52. The van der Waals surface area contributed by atoms with Crippen molar-refractivity contribution in [3.8, 4) is 11.1 Å². The number of nitrogens with zero attached hydrogens (tertiary/aromatic N) is 1. The van der Waals surface area contributed by atoms with Crippen molar-refractivity contribution in [3.05, 3.63) is 52.6 Å². The number of esters is 1. The lowest BCUT2D eigenvalue weighted by molar-refractivity contribution is 0.0599. The molecule has 0 aliphatic heterocycles. The predicted molar refractivity (Wildman–Crippen MR) is 82.4 cm³/mol. The minimum atomic E-state index is -0.378. The lowest BCUT2D eigenvalue weighted by Crippen LogP contribution is -2.12. The van der Waals surface area contributed by atoms with Crippen molar-refractivity contribution >= 4 is 5.97 Å². The van der Waals surface area contributed by atoms with Gasteiger partial charge in [0.05, 0.1) is 18.4 Å². The number of methoxy groups -OCH3 is 1. The van der Waals surface area contributed by atoms with Crippen LogP contribution in [0.3, 0.4) is 0 Å². The molecular weight excluding hydrogens is 281 g/mol. The van der Waals surface area contributed by atoms with Crippen molar-refractivity contribution in [2.75, 3.05) is 7.11 Å². The molecule has 0 amide bonds. The number of halogens is 1. The summed E-state index contributed by atoms with van der Waals surface area (Å²) in [4.78, 5) is 17.0. The SMILES string of the molecule is COC(=O)c1c(C2CC2)nc(C)c(C)c1-c1ccc(F)cc1. The molecule has 114 valence electrons. The van der Waals surface area contributed by atoms with E-state index in [0.717, 1.165) is 40.9 Å². The number of benzene rings is 1. The van der Waals surface area contributed by atoms with Crippen molar-refractivity contribution in [2.24, 2.45) is 0 Å². The lowest BCUT2D eigenvalue weighted by atomic mass is 9.92. The molecule has 0 bridgehead atoms. The van der Waals surface area contributed by atoms with Crippen LogP contribution in [0, 0.1) is 19.7 Å². The summed E-state index contributed by atoms with van der Waals surface area (Å²) in [7, 11) is 1.38. The number of hydrogen-bond donors (Lipinski definition) is 0. The van der Waals surface area contributed by atoms with Gasteiger partial charge in [0.1, 0.15) is 5.82 Å². The highest BCUT2D eigenvalue weighted by Crippen LogP contribution is 2.44. The number of ether oxygens (including phenoxy) is 1. The van der Waals surface area contributed by atoms with E-state index < -0.39 is 0 Å². The summed E-state index contributed by atoms with van der Waals surface area (Å²) >= 11 is 0. The Kier molecular flexibility index (Phi) is 3.69. The molecule has 0 N–H and O–H groups in total. The molecule has 0 unspecified atom stereocenters. The number of rotatable bonds is 3. The molecule has 1 fully saturated rings. The Bertz CT molecular complexity index is 734. The van der Waals surface area contributed by atoms with Gasteiger partial charge in [0.15, 0.2) is 0 Å². The van der Waals surface area contributed by atoms with E-state index in [1.54, 1.807) is 12.1 Å². The molecule has 2 aromatic rings. The molecular formula is C18H18FNO2. The van der Waals surface area contributed by atoms with Gasteiger partial charge in [0, 0.05) is 17.2 Å². The summed E-state index contributed by atoms with van der Waals surface area (Å²) in [6.45, 7) is 3.87. The van der Waals surface area contributed by atoms with Crippen LogP contribution in [0.25, 0.3) is 11.1 Å². The second-order valence-electron chi connectivity index (χ2n) is 5.73. The fourth-order valence-corrected chi connectivity index (χ4v) is 2.76. The Morgan fingerprint density at radius 2 is 1.86 bits per heavy atom. The molecule has 1 aromatic heterocycles. The summed E-state index contributed by atoms with van der Waals surface area (Å²) in [5.41, 5.74) is 4.78. The molecule has 0 radical (unpaired) electrons. The van der Waals surface area contributed by atoms with Crippen molar-refractivity contribution in [2.45, 2.75) is 32.6 Å². The van der Waals surface area contributed by atoms with E-state index in [9.17, 15) is 9.18 Å². The van der Waals surface area contributed by atoms with Crippen LogP contribution >= 0.6 is 0 Å². The molecule has 3 rings (SSSR count). The minimum Gasteiger partial charge on any atom is -0.465 e. The van der Waals surface area contributed by atoms with Gasteiger partial charge in [-0.15, -0.1) is 0 Å². The molecule has 22 heavy (non-hydrogen) atoms. The molecule has 1 aliphatic carbocycles. The van der Waals surface area contributed by atoms with Crippen LogP contribution in [-0.4, -0.2) is 18.1 Å². The van der Waals surface area contributed by atoms with E-state index in [0.29, 0.717) is 11.5 Å². The molecule has 1 heterocycles. The average molecular weight is 299 g/mol. The summed E-state index contributed by atoms with van der Waals surface area (Å²) < 4.78 is 18.2. The first-order chi connectivity index (χ1) is 10.5. The standard InChI is InChI=1S/C18H18FNO2/c1-10-11(2)20-17(13-4-5-13)16(18(21)22-3)15(10)12-6-8-14(19)9-7-12/h6-9,13H,4-5H2,1-3H3. The molecule has 0 spiro atoms. The fraction of sp³-hybridized carbons (Fsp3) is 0.333. The van der Waals surface area contributed by atoms with E-state index in [2.05, 4.69) is 4.98 Å². The number of carbonyl (C=O) groups excluding carboxylic acids is 1. The minimum absolute atomic E-state index is 0.297. The van der Waals surface area contributed by atoms with Gasteiger partial charge in [0.2, 0.25) is 0 Å². The highest BCUT2D eigenvalue weighted by molar-refractivity contribution is 5.99. The number of carbonyl (C=O) groups is 1. The topological polar surface area (TPSA) is 39.2 Å². The summed E-state index contributed by atoms with van der Waals surface area (Å²) in [6.07, 6.45) is 2.09. The summed E-state index contributed by atoms with van der Waals surface area (Å²) in [5, 5.41) is 0. The molecule has 3 nitrogen and oxygen atoms in total. The largest absolute Gasteiger partial charge is 0.465 e. The summed E-state index contributed by atoms with van der Waals surface area (Å²) in [6, 6.07) is 6.20. The van der Waals surface area contributed by atoms with Gasteiger partial charge in [0.25, 0.3) is 0 Å². The van der Waals surface area contributed by atoms with E-state index in [4.69, 9.17) is 4.74 Å². The third kappa shape index (κ3) is 2.49. The maximum atomic E-state index is 13.2. The van der Waals surface area contributed by atoms with Crippen molar-refractivity contribution in [1.82, 2.24) is 4.98 Å². The van der Waals surface area contributed by atoms with Crippen molar-refractivity contribution in [3.63, 3.8) is 0 Å². The first-order valence-electron chi connectivity index (χ1n) is 7.38. The van der Waals surface area contributed by atoms with Crippen LogP contribution in [0.15, 0.2) is 24.3 Å². The van der Waals surface area contributed by atoms with E-state index >= 15 is 0 Å². The number of pyridine rings is 1. The van der Waals surface area contributed by atoms with Crippen LogP contribution < -0.4 is 0 Å². The summed E-state index contributed by atoms with van der Waals surface area (Å²) in [5.74, 6) is -0.348. The van der Waals surface area contributed by atoms with Gasteiger partial charge in [-0.3, -0.25) is 4.98 Å². The maximum absolute atomic E-state index is 13.2. The van der Waals surface area contributed by atoms with Crippen molar-refractivity contribution in [1.29, 1.82) is 0 Å². The quantitative estimate of drug-likeness (QED) is 0.799. The average Bonchev–Trinajstić information content (AvgIpc) is 3.34. The molecule has 1 saturated carbocycles. The van der Waals surface area contributed by atoms with E-state index in [-0.39, 0.29) is 11.8 Å². The van der Waals surface area contributed by atoms with Gasteiger partial charge < -0.3 is 4.74 Å². The predicted octanol–water partition coefficient (Wildman–Crippen LogP) is 4.17. The Morgan fingerprint density at radius 3 is 2.41 bits per heavy atom. The van der Waals surface area contributed by atoms with Gasteiger partial charge in [-0.2, -0.15) is 0 Å². The third-order valence-corrected chi connectivity index (χ3v) is 4.20. The second-order valence-corrected chi connectivity index (χ2v) is 5.73. The van der Waals surface area contributed by atoms with Crippen LogP contribution in [0.1, 0.15) is 46.1 Å². The molecule has 0 atom stereocenters. The molecule has 1 aromatic carbocycles. The monoisotopic (exact) mass is 299 g/mol. The van der Waals surface area contributed by atoms with Crippen LogP contribution in [-0.2, 0) is 4.74 Å². The molecule has 4 heteroatoms. The zero-order valence-electron chi connectivity index (χ0n) is 12.9. The number of hydrogen-bond acceptors (Lipinski definition) is 3. The highest BCUT2D eigenvalue weighted by atomic mass is 19.1. The highest BCUT2D eigenvalue weighted by Gasteiger charge is 2.33. The Labute approximate surface area is 129 Å². The smallest absolute Gasteiger partial charge is 0.340 e. The first-order valence-corrected chi connectivity index (χ1v) is 7.38.